The smallest absolute Gasteiger partial charge is 0.226 e. The average Bonchev–Trinajstić information content (AvgIpc) is 2.41. The lowest BCUT2D eigenvalue weighted by atomic mass is 9.77. The van der Waals surface area contributed by atoms with Crippen LogP contribution in [0.1, 0.15) is 39.0 Å². The van der Waals surface area contributed by atoms with E-state index in [1.165, 1.54) is 0 Å². The number of hydrogen-bond acceptors (Lipinski definition) is 3. The van der Waals surface area contributed by atoms with Gasteiger partial charge in [0, 0.05) is 25.0 Å². The highest BCUT2D eigenvalue weighted by molar-refractivity contribution is 5.79. The molecule has 2 fully saturated rings. The molecule has 3 unspecified atom stereocenters. The number of rotatable bonds is 2. The molecule has 4 nitrogen and oxygen atoms in total. The Balaban J connectivity index is 1.94. The fraction of sp³-hybridized carbons (Fsp3) is 0.933. The second kappa shape index (κ2) is 6.23. The maximum atomic E-state index is 12.7. The van der Waals surface area contributed by atoms with Crippen molar-refractivity contribution in [3.05, 3.63) is 0 Å². The second-order valence-corrected chi connectivity index (χ2v) is 6.64. The van der Waals surface area contributed by atoms with Crippen molar-refractivity contribution in [2.24, 2.45) is 17.6 Å². The summed E-state index contributed by atoms with van der Waals surface area (Å²) >= 11 is 0. The second-order valence-electron chi connectivity index (χ2n) is 6.64. The molecule has 0 aromatic rings. The van der Waals surface area contributed by atoms with Crippen molar-refractivity contribution in [3.8, 4) is 0 Å². The zero-order valence-electron chi connectivity index (χ0n) is 12.6. The molecular weight excluding hydrogens is 238 g/mol. The van der Waals surface area contributed by atoms with Crippen LogP contribution in [0.2, 0.25) is 0 Å². The molecule has 1 heterocycles. The fourth-order valence-corrected chi connectivity index (χ4v) is 3.52. The Kier molecular flexibility index (Phi) is 4.85. The number of hydrogen-bond donors (Lipinski definition) is 1. The van der Waals surface area contributed by atoms with E-state index in [0.29, 0.717) is 17.9 Å². The predicted molar refractivity (Wildman–Crippen MR) is 77.8 cm³/mol. The first kappa shape index (κ1) is 14.8. The molecule has 0 spiro atoms. The molecule has 1 aliphatic heterocycles. The van der Waals surface area contributed by atoms with Gasteiger partial charge in [0.1, 0.15) is 0 Å². The SMILES string of the molecule is CC1CCC(N)CC1C(=O)N(C)C1CCN(C)CC1. The van der Waals surface area contributed by atoms with E-state index in [0.717, 1.165) is 45.2 Å². The van der Waals surface area contributed by atoms with Gasteiger partial charge >= 0.3 is 0 Å². The Morgan fingerprint density at radius 3 is 2.47 bits per heavy atom. The minimum absolute atomic E-state index is 0.147. The fourth-order valence-electron chi connectivity index (χ4n) is 3.52. The molecule has 110 valence electrons. The summed E-state index contributed by atoms with van der Waals surface area (Å²) in [6.45, 7) is 4.40. The quantitative estimate of drug-likeness (QED) is 0.820. The van der Waals surface area contributed by atoms with Crippen LogP contribution in [0, 0.1) is 11.8 Å². The van der Waals surface area contributed by atoms with Crippen LogP contribution >= 0.6 is 0 Å². The summed E-state index contributed by atoms with van der Waals surface area (Å²) < 4.78 is 0. The van der Waals surface area contributed by atoms with E-state index in [-0.39, 0.29) is 12.0 Å². The molecule has 1 saturated heterocycles. The Bertz CT molecular complexity index is 313. The van der Waals surface area contributed by atoms with Crippen molar-refractivity contribution in [1.82, 2.24) is 9.80 Å². The van der Waals surface area contributed by atoms with Crippen molar-refractivity contribution in [1.29, 1.82) is 0 Å². The highest BCUT2D eigenvalue weighted by Gasteiger charge is 2.35. The number of piperidine rings is 1. The lowest BCUT2D eigenvalue weighted by Gasteiger charge is -2.39. The third kappa shape index (κ3) is 3.48. The third-order valence-electron chi connectivity index (χ3n) is 5.14. The highest BCUT2D eigenvalue weighted by Crippen LogP contribution is 2.31. The Morgan fingerprint density at radius 1 is 1.21 bits per heavy atom. The van der Waals surface area contributed by atoms with Gasteiger partial charge in [-0.25, -0.2) is 0 Å². The molecule has 1 aliphatic carbocycles. The van der Waals surface area contributed by atoms with Crippen molar-refractivity contribution in [2.75, 3.05) is 27.2 Å². The summed E-state index contributed by atoms with van der Waals surface area (Å²) in [6.07, 6.45) is 5.25. The molecule has 4 heteroatoms. The molecule has 3 atom stereocenters. The van der Waals surface area contributed by atoms with Gasteiger partial charge in [-0.05, 0) is 58.2 Å². The van der Waals surface area contributed by atoms with Crippen molar-refractivity contribution in [2.45, 2.75) is 51.1 Å². The van der Waals surface area contributed by atoms with E-state index in [2.05, 4.69) is 18.9 Å². The Morgan fingerprint density at radius 2 is 1.84 bits per heavy atom. The molecule has 0 aromatic heterocycles. The third-order valence-corrected chi connectivity index (χ3v) is 5.14. The molecule has 2 N–H and O–H groups in total. The molecule has 0 radical (unpaired) electrons. The predicted octanol–water partition coefficient (Wildman–Crippen LogP) is 1.30. The first-order valence-corrected chi connectivity index (χ1v) is 7.69. The molecular formula is C15H29N3O. The van der Waals surface area contributed by atoms with Gasteiger partial charge in [0.25, 0.3) is 0 Å². The van der Waals surface area contributed by atoms with Crippen LogP contribution in [0.15, 0.2) is 0 Å². The number of nitrogens with two attached hydrogens (primary N) is 1. The van der Waals surface area contributed by atoms with Crippen LogP contribution in [-0.2, 0) is 4.79 Å². The number of nitrogens with zero attached hydrogens (tertiary/aromatic N) is 2. The largest absolute Gasteiger partial charge is 0.342 e. The van der Waals surface area contributed by atoms with Gasteiger partial charge in [0.15, 0.2) is 0 Å². The van der Waals surface area contributed by atoms with Crippen molar-refractivity contribution in [3.63, 3.8) is 0 Å². The van der Waals surface area contributed by atoms with E-state index in [4.69, 9.17) is 5.73 Å². The van der Waals surface area contributed by atoms with E-state index >= 15 is 0 Å². The first-order valence-electron chi connectivity index (χ1n) is 7.69. The van der Waals surface area contributed by atoms with Gasteiger partial charge in [-0.15, -0.1) is 0 Å². The topological polar surface area (TPSA) is 49.6 Å². The minimum atomic E-state index is 0.147. The van der Waals surface area contributed by atoms with Crippen LogP contribution in [0.5, 0.6) is 0 Å². The Labute approximate surface area is 117 Å². The molecule has 1 amide bonds. The van der Waals surface area contributed by atoms with E-state index in [9.17, 15) is 4.79 Å². The van der Waals surface area contributed by atoms with Crippen LogP contribution in [0.25, 0.3) is 0 Å². The van der Waals surface area contributed by atoms with Gasteiger partial charge in [-0.1, -0.05) is 6.92 Å². The van der Waals surface area contributed by atoms with Gasteiger partial charge in [-0.2, -0.15) is 0 Å². The molecule has 1 saturated carbocycles. The molecule has 2 aliphatic rings. The van der Waals surface area contributed by atoms with Crippen molar-refractivity contribution >= 4 is 5.91 Å². The first-order chi connectivity index (χ1) is 8.99. The van der Waals surface area contributed by atoms with E-state index in [1.807, 2.05) is 11.9 Å². The summed E-state index contributed by atoms with van der Waals surface area (Å²) in [4.78, 5) is 17.1. The Hall–Kier alpha value is -0.610. The lowest BCUT2D eigenvalue weighted by Crippen LogP contribution is -2.49. The summed E-state index contributed by atoms with van der Waals surface area (Å²) in [5, 5.41) is 0. The van der Waals surface area contributed by atoms with Crippen molar-refractivity contribution < 1.29 is 4.79 Å². The van der Waals surface area contributed by atoms with Crippen LogP contribution in [-0.4, -0.2) is 55.0 Å². The molecule has 0 bridgehead atoms. The molecule has 19 heavy (non-hydrogen) atoms. The van der Waals surface area contributed by atoms with Gasteiger partial charge < -0.3 is 15.5 Å². The summed E-state index contributed by atoms with van der Waals surface area (Å²) in [7, 11) is 4.14. The normalized spacial score (nSPS) is 34.2. The minimum Gasteiger partial charge on any atom is -0.342 e. The summed E-state index contributed by atoms with van der Waals surface area (Å²) in [5.41, 5.74) is 6.04. The van der Waals surface area contributed by atoms with E-state index < -0.39 is 0 Å². The zero-order valence-corrected chi connectivity index (χ0v) is 12.6. The lowest BCUT2D eigenvalue weighted by molar-refractivity contribution is -0.140. The van der Waals surface area contributed by atoms with Gasteiger partial charge in [0.05, 0.1) is 0 Å². The number of amides is 1. The molecule has 0 aromatic carbocycles. The number of likely N-dealkylation sites (tertiary alicyclic amines) is 1. The maximum absolute atomic E-state index is 12.7. The average molecular weight is 267 g/mol. The monoisotopic (exact) mass is 267 g/mol. The summed E-state index contributed by atoms with van der Waals surface area (Å²) in [6, 6.07) is 0.644. The number of carbonyl (C=O) groups excluding carboxylic acids is 1. The molecule has 2 rings (SSSR count). The van der Waals surface area contributed by atoms with Gasteiger partial charge in [-0.3, -0.25) is 4.79 Å². The summed E-state index contributed by atoms with van der Waals surface area (Å²) in [5.74, 6) is 0.964. The van der Waals surface area contributed by atoms with Gasteiger partial charge in [0.2, 0.25) is 5.91 Å². The standard InChI is InChI=1S/C15H29N3O/c1-11-4-5-12(16)10-14(11)15(19)18(3)13-6-8-17(2)9-7-13/h11-14H,4-10,16H2,1-3H3. The van der Waals surface area contributed by atoms with Crippen LogP contribution in [0.4, 0.5) is 0 Å². The maximum Gasteiger partial charge on any atom is 0.226 e. The number of carbonyl (C=O) groups is 1. The zero-order chi connectivity index (χ0) is 14.0. The highest BCUT2D eigenvalue weighted by atomic mass is 16.2. The van der Waals surface area contributed by atoms with E-state index in [1.54, 1.807) is 0 Å². The van der Waals surface area contributed by atoms with Crippen LogP contribution in [0.3, 0.4) is 0 Å². The van der Waals surface area contributed by atoms with Crippen LogP contribution < -0.4 is 5.73 Å².